The van der Waals surface area contributed by atoms with E-state index in [9.17, 15) is 4.79 Å². The number of carbonyl (C=O) groups excluding carboxylic acids is 1. The second-order valence-corrected chi connectivity index (χ2v) is 5.46. The molecule has 17 heavy (non-hydrogen) atoms. The van der Waals surface area contributed by atoms with Gasteiger partial charge in [0.25, 0.3) is 5.91 Å². The molecule has 1 aliphatic rings. The van der Waals surface area contributed by atoms with Crippen molar-refractivity contribution in [3.8, 4) is 0 Å². The van der Waals surface area contributed by atoms with Gasteiger partial charge in [0.2, 0.25) is 0 Å². The van der Waals surface area contributed by atoms with Crippen LogP contribution in [0.4, 0.5) is 0 Å². The highest BCUT2D eigenvalue weighted by Gasteiger charge is 2.36. The molecule has 0 unspecified atom stereocenters. The Morgan fingerprint density at radius 2 is 2.18 bits per heavy atom. The molecular weight excluding hydrogens is 230 g/mol. The molecule has 3 heteroatoms. The van der Waals surface area contributed by atoms with Crippen LogP contribution in [0.25, 0.3) is 0 Å². The summed E-state index contributed by atoms with van der Waals surface area (Å²) < 4.78 is 0. The Bertz CT molecular complexity index is 432. The lowest BCUT2D eigenvalue weighted by molar-refractivity contribution is 0.0819. The van der Waals surface area contributed by atoms with Crippen molar-refractivity contribution in [2.24, 2.45) is 0 Å². The van der Waals surface area contributed by atoms with E-state index in [1.807, 2.05) is 25.1 Å². The summed E-state index contributed by atoms with van der Waals surface area (Å²) in [6.45, 7) is 4.10. The molecule has 1 aromatic rings. The van der Waals surface area contributed by atoms with Crippen molar-refractivity contribution in [2.45, 2.75) is 50.0 Å². The fraction of sp³-hybridized carbons (Fsp3) is 0.500. The van der Waals surface area contributed by atoms with Crippen LogP contribution >= 0.6 is 12.6 Å². The van der Waals surface area contributed by atoms with E-state index in [1.165, 1.54) is 6.42 Å². The predicted molar refractivity (Wildman–Crippen MR) is 72.8 cm³/mol. The van der Waals surface area contributed by atoms with Crippen LogP contribution in [0.5, 0.6) is 0 Å². The summed E-state index contributed by atoms with van der Waals surface area (Å²) in [6.07, 6.45) is 4.45. The topological polar surface area (TPSA) is 29.1 Å². The zero-order chi connectivity index (χ0) is 12.5. The normalized spacial score (nSPS) is 17.4. The van der Waals surface area contributed by atoms with E-state index in [4.69, 9.17) is 0 Å². The summed E-state index contributed by atoms with van der Waals surface area (Å²) in [6, 6.07) is 5.70. The predicted octanol–water partition coefficient (Wildman–Crippen LogP) is 3.35. The molecule has 0 heterocycles. The van der Waals surface area contributed by atoms with Gasteiger partial charge in [0.15, 0.2) is 0 Å². The van der Waals surface area contributed by atoms with Gasteiger partial charge < -0.3 is 5.32 Å². The van der Waals surface area contributed by atoms with E-state index in [0.717, 1.165) is 35.3 Å². The van der Waals surface area contributed by atoms with Gasteiger partial charge in [-0.1, -0.05) is 13.0 Å². The molecule has 0 spiro atoms. The number of carbonyl (C=O) groups is 1. The first-order chi connectivity index (χ1) is 8.06. The number of benzene rings is 1. The Morgan fingerprint density at radius 3 is 2.71 bits per heavy atom. The van der Waals surface area contributed by atoms with E-state index >= 15 is 0 Å². The van der Waals surface area contributed by atoms with Crippen molar-refractivity contribution in [3.05, 3.63) is 29.3 Å². The highest BCUT2D eigenvalue weighted by Crippen LogP contribution is 2.35. The van der Waals surface area contributed by atoms with Crippen LogP contribution in [0.3, 0.4) is 0 Å². The number of hydrogen-bond donors (Lipinski definition) is 2. The second kappa shape index (κ2) is 4.73. The molecule has 0 bridgehead atoms. The molecule has 92 valence electrons. The Kier molecular flexibility index (Phi) is 3.48. The maximum Gasteiger partial charge on any atom is 0.252 e. The van der Waals surface area contributed by atoms with Crippen molar-refractivity contribution in [1.29, 1.82) is 0 Å². The largest absolute Gasteiger partial charge is 0.347 e. The minimum absolute atomic E-state index is 0.0416. The first kappa shape index (κ1) is 12.5. The van der Waals surface area contributed by atoms with Crippen LogP contribution in [0.2, 0.25) is 0 Å². The van der Waals surface area contributed by atoms with Gasteiger partial charge >= 0.3 is 0 Å². The average molecular weight is 249 g/mol. The maximum atomic E-state index is 12.2. The smallest absolute Gasteiger partial charge is 0.252 e. The SMILES string of the molecule is CCC1(NC(=O)c2cc(S)ccc2C)CCC1. The lowest BCUT2D eigenvalue weighted by Crippen LogP contribution is -2.53. The number of nitrogens with one attached hydrogen (secondary N) is 1. The van der Waals surface area contributed by atoms with Crippen LogP contribution in [0, 0.1) is 6.92 Å². The van der Waals surface area contributed by atoms with Gasteiger partial charge in [-0.2, -0.15) is 0 Å². The first-order valence-electron chi connectivity index (χ1n) is 6.18. The van der Waals surface area contributed by atoms with E-state index < -0.39 is 0 Å². The number of hydrogen-bond acceptors (Lipinski definition) is 2. The third kappa shape index (κ3) is 2.49. The van der Waals surface area contributed by atoms with Gasteiger partial charge in [0.1, 0.15) is 0 Å². The monoisotopic (exact) mass is 249 g/mol. The minimum Gasteiger partial charge on any atom is -0.347 e. The van der Waals surface area contributed by atoms with Crippen LogP contribution < -0.4 is 5.32 Å². The summed E-state index contributed by atoms with van der Waals surface area (Å²) in [5.74, 6) is 0.0416. The Labute approximate surface area is 108 Å². The molecule has 0 aromatic heterocycles. The molecule has 0 atom stereocenters. The molecule has 0 saturated heterocycles. The van der Waals surface area contributed by atoms with Gasteiger partial charge in [-0.05, 0) is 50.3 Å². The summed E-state index contributed by atoms with van der Waals surface area (Å²) in [7, 11) is 0. The van der Waals surface area contributed by atoms with E-state index in [2.05, 4.69) is 24.9 Å². The number of aryl methyl sites for hydroxylation is 1. The van der Waals surface area contributed by atoms with Crippen LogP contribution in [0.1, 0.15) is 48.5 Å². The maximum absolute atomic E-state index is 12.2. The van der Waals surface area contributed by atoms with Crippen molar-refractivity contribution in [1.82, 2.24) is 5.32 Å². The Hall–Kier alpha value is -0.960. The molecule has 2 rings (SSSR count). The van der Waals surface area contributed by atoms with Crippen LogP contribution in [-0.4, -0.2) is 11.4 Å². The Balaban J connectivity index is 2.17. The molecule has 1 N–H and O–H groups in total. The Morgan fingerprint density at radius 1 is 1.47 bits per heavy atom. The highest BCUT2D eigenvalue weighted by molar-refractivity contribution is 7.80. The average Bonchev–Trinajstić information content (AvgIpc) is 2.26. The number of thiol groups is 1. The van der Waals surface area contributed by atoms with Crippen molar-refractivity contribution in [2.75, 3.05) is 0 Å². The highest BCUT2D eigenvalue weighted by atomic mass is 32.1. The zero-order valence-corrected chi connectivity index (χ0v) is 11.3. The van der Waals surface area contributed by atoms with Gasteiger partial charge in [0, 0.05) is 16.0 Å². The molecule has 2 nitrogen and oxygen atoms in total. The fourth-order valence-electron chi connectivity index (χ4n) is 2.33. The van der Waals surface area contributed by atoms with Gasteiger partial charge in [-0.25, -0.2) is 0 Å². The molecule has 1 aromatic carbocycles. The third-order valence-corrected chi connectivity index (χ3v) is 4.11. The number of rotatable bonds is 3. The van der Waals surface area contributed by atoms with E-state index in [-0.39, 0.29) is 11.4 Å². The van der Waals surface area contributed by atoms with Crippen molar-refractivity contribution < 1.29 is 4.79 Å². The molecule has 1 saturated carbocycles. The minimum atomic E-state index is 0.0416. The van der Waals surface area contributed by atoms with E-state index in [1.54, 1.807) is 0 Å². The zero-order valence-electron chi connectivity index (χ0n) is 10.4. The fourth-order valence-corrected chi connectivity index (χ4v) is 2.54. The van der Waals surface area contributed by atoms with Gasteiger partial charge in [-0.15, -0.1) is 12.6 Å². The summed E-state index contributed by atoms with van der Waals surface area (Å²) in [5.41, 5.74) is 1.80. The van der Waals surface area contributed by atoms with Crippen molar-refractivity contribution in [3.63, 3.8) is 0 Å². The van der Waals surface area contributed by atoms with Crippen LogP contribution in [0.15, 0.2) is 23.1 Å². The summed E-state index contributed by atoms with van der Waals surface area (Å²) in [4.78, 5) is 13.1. The molecule has 1 amide bonds. The molecule has 1 aliphatic carbocycles. The summed E-state index contributed by atoms with van der Waals surface area (Å²) in [5, 5.41) is 3.19. The molecular formula is C14H19NOS. The van der Waals surface area contributed by atoms with Crippen molar-refractivity contribution >= 4 is 18.5 Å². The second-order valence-electron chi connectivity index (χ2n) is 4.94. The molecule has 0 aliphatic heterocycles. The molecule has 1 fully saturated rings. The molecule has 0 radical (unpaired) electrons. The van der Waals surface area contributed by atoms with E-state index in [0.29, 0.717) is 0 Å². The van der Waals surface area contributed by atoms with Gasteiger partial charge in [-0.3, -0.25) is 4.79 Å². The lowest BCUT2D eigenvalue weighted by Gasteiger charge is -2.42. The summed E-state index contributed by atoms with van der Waals surface area (Å²) >= 11 is 4.29. The number of amides is 1. The quantitative estimate of drug-likeness (QED) is 0.790. The van der Waals surface area contributed by atoms with Gasteiger partial charge in [0.05, 0.1) is 0 Å². The van der Waals surface area contributed by atoms with Crippen LogP contribution in [-0.2, 0) is 0 Å². The standard InChI is InChI=1S/C14H19NOS/c1-3-14(7-4-8-14)15-13(16)12-9-11(17)6-5-10(12)2/h5-6,9,17H,3-4,7-8H2,1-2H3,(H,15,16). The first-order valence-corrected chi connectivity index (χ1v) is 6.63. The third-order valence-electron chi connectivity index (χ3n) is 3.83. The lowest BCUT2D eigenvalue weighted by atomic mass is 9.74.